The van der Waals surface area contributed by atoms with Crippen LogP contribution < -0.4 is 20.1 Å². The van der Waals surface area contributed by atoms with E-state index in [-0.39, 0.29) is 11.9 Å². The second-order valence-corrected chi connectivity index (χ2v) is 5.81. The Kier molecular flexibility index (Phi) is 5.01. The molecular weight excluding hydrogens is 304 g/mol. The number of fused-ring (bicyclic) bond motifs is 1. The number of rotatable bonds is 5. The minimum absolute atomic E-state index is 0.0132. The standard InChI is InChI=1S/C19H22N2O3/c1-23-17-8-7-13(9-18(17)24-2)11-21-19(22)16-10-14-5-3-4-6-15(14)12-20-16/h3-9,16,20H,10-12H2,1-2H3,(H,21,22)/t16-/m0/s1. The zero-order chi connectivity index (χ0) is 16.9. The zero-order valence-corrected chi connectivity index (χ0v) is 14.0. The first-order valence-electron chi connectivity index (χ1n) is 8.00. The van der Waals surface area contributed by atoms with E-state index in [4.69, 9.17) is 9.47 Å². The van der Waals surface area contributed by atoms with Crippen molar-refractivity contribution in [2.45, 2.75) is 25.6 Å². The largest absolute Gasteiger partial charge is 0.493 e. The van der Waals surface area contributed by atoms with Crippen molar-refractivity contribution in [2.24, 2.45) is 0 Å². The van der Waals surface area contributed by atoms with Crippen LogP contribution in [-0.4, -0.2) is 26.2 Å². The number of hydrogen-bond donors (Lipinski definition) is 2. The van der Waals surface area contributed by atoms with E-state index in [1.54, 1.807) is 14.2 Å². The van der Waals surface area contributed by atoms with Crippen molar-refractivity contribution in [3.05, 3.63) is 59.2 Å². The number of carbonyl (C=O) groups is 1. The second kappa shape index (κ2) is 7.36. The highest BCUT2D eigenvalue weighted by Crippen LogP contribution is 2.27. The van der Waals surface area contributed by atoms with E-state index in [2.05, 4.69) is 22.8 Å². The molecule has 5 nitrogen and oxygen atoms in total. The molecule has 3 rings (SSSR count). The van der Waals surface area contributed by atoms with Crippen LogP contribution >= 0.6 is 0 Å². The molecule has 2 aromatic carbocycles. The molecule has 0 saturated carbocycles. The molecule has 0 aliphatic carbocycles. The van der Waals surface area contributed by atoms with Gasteiger partial charge in [0, 0.05) is 13.1 Å². The van der Waals surface area contributed by atoms with Crippen LogP contribution in [0.25, 0.3) is 0 Å². The molecule has 0 aromatic heterocycles. The number of hydrogen-bond acceptors (Lipinski definition) is 4. The van der Waals surface area contributed by atoms with Gasteiger partial charge in [-0.2, -0.15) is 0 Å². The van der Waals surface area contributed by atoms with Crippen molar-refractivity contribution in [1.29, 1.82) is 0 Å². The Morgan fingerprint density at radius 3 is 2.62 bits per heavy atom. The summed E-state index contributed by atoms with van der Waals surface area (Å²) < 4.78 is 10.5. The van der Waals surface area contributed by atoms with Gasteiger partial charge in [0.2, 0.25) is 5.91 Å². The molecule has 24 heavy (non-hydrogen) atoms. The van der Waals surface area contributed by atoms with Gasteiger partial charge in [-0.3, -0.25) is 4.79 Å². The van der Waals surface area contributed by atoms with E-state index in [1.165, 1.54) is 11.1 Å². The van der Waals surface area contributed by atoms with Crippen LogP contribution in [0.5, 0.6) is 11.5 Å². The van der Waals surface area contributed by atoms with E-state index in [1.807, 2.05) is 30.3 Å². The van der Waals surface area contributed by atoms with Crippen molar-refractivity contribution in [3.63, 3.8) is 0 Å². The number of benzene rings is 2. The molecule has 0 saturated heterocycles. The van der Waals surface area contributed by atoms with Gasteiger partial charge < -0.3 is 20.1 Å². The summed E-state index contributed by atoms with van der Waals surface area (Å²) in [7, 11) is 3.20. The molecule has 1 heterocycles. The second-order valence-electron chi connectivity index (χ2n) is 5.81. The number of amides is 1. The number of ether oxygens (including phenoxy) is 2. The van der Waals surface area contributed by atoms with Crippen LogP contribution in [0, 0.1) is 0 Å². The van der Waals surface area contributed by atoms with Crippen molar-refractivity contribution in [2.75, 3.05) is 14.2 Å². The van der Waals surface area contributed by atoms with E-state index in [0.29, 0.717) is 24.5 Å². The van der Waals surface area contributed by atoms with Crippen LogP contribution in [-0.2, 0) is 24.3 Å². The molecule has 0 radical (unpaired) electrons. The third-order valence-electron chi connectivity index (χ3n) is 4.31. The van der Waals surface area contributed by atoms with Crippen LogP contribution in [0.1, 0.15) is 16.7 Å². The Morgan fingerprint density at radius 1 is 1.12 bits per heavy atom. The Bertz CT molecular complexity index is 730. The molecule has 0 bridgehead atoms. The predicted molar refractivity (Wildman–Crippen MR) is 92.2 cm³/mol. The Morgan fingerprint density at radius 2 is 1.88 bits per heavy atom. The lowest BCUT2D eigenvalue weighted by Gasteiger charge is -2.25. The Labute approximate surface area is 142 Å². The van der Waals surface area contributed by atoms with Crippen LogP contribution in [0.2, 0.25) is 0 Å². The predicted octanol–water partition coefficient (Wildman–Crippen LogP) is 2.03. The minimum atomic E-state index is -0.194. The fourth-order valence-corrected chi connectivity index (χ4v) is 2.94. The summed E-state index contributed by atoms with van der Waals surface area (Å²) in [6.45, 7) is 1.18. The number of methoxy groups -OCH3 is 2. The fourth-order valence-electron chi connectivity index (χ4n) is 2.94. The molecule has 5 heteroatoms. The highest BCUT2D eigenvalue weighted by atomic mass is 16.5. The number of carbonyl (C=O) groups excluding carboxylic acids is 1. The molecule has 0 spiro atoms. The third kappa shape index (κ3) is 3.51. The summed E-state index contributed by atoms with van der Waals surface area (Å²) in [5.41, 5.74) is 3.47. The molecule has 1 aliphatic heterocycles. The van der Waals surface area contributed by atoms with E-state index in [9.17, 15) is 4.79 Å². The van der Waals surface area contributed by atoms with Gasteiger partial charge in [-0.25, -0.2) is 0 Å². The normalized spacial score (nSPS) is 16.2. The summed E-state index contributed by atoms with van der Waals surface area (Å²) in [5, 5.41) is 6.29. The molecule has 0 unspecified atom stereocenters. The van der Waals surface area contributed by atoms with Crippen molar-refractivity contribution >= 4 is 5.91 Å². The van der Waals surface area contributed by atoms with E-state index in [0.717, 1.165) is 12.1 Å². The summed E-state index contributed by atoms with van der Waals surface area (Å²) in [6.07, 6.45) is 0.716. The Balaban J connectivity index is 1.60. The highest BCUT2D eigenvalue weighted by molar-refractivity contribution is 5.82. The first kappa shape index (κ1) is 16.3. The van der Waals surface area contributed by atoms with Crippen LogP contribution in [0.4, 0.5) is 0 Å². The zero-order valence-electron chi connectivity index (χ0n) is 14.0. The molecular formula is C19H22N2O3. The highest BCUT2D eigenvalue weighted by Gasteiger charge is 2.23. The van der Waals surface area contributed by atoms with Gasteiger partial charge in [-0.1, -0.05) is 30.3 Å². The Hall–Kier alpha value is -2.53. The minimum Gasteiger partial charge on any atom is -0.493 e. The average molecular weight is 326 g/mol. The van der Waals surface area contributed by atoms with Crippen LogP contribution in [0.3, 0.4) is 0 Å². The monoisotopic (exact) mass is 326 g/mol. The first-order valence-corrected chi connectivity index (χ1v) is 8.00. The lowest BCUT2D eigenvalue weighted by molar-refractivity contribution is -0.123. The maximum Gasteiger partial charge on any atom is 0.237 e. The van der Waals surface area contributed by atoms with Gasteiger partial charge in [-0.05, 0) is 35.2 Å². The molecule has 1 aliphatic rings. The summed E-state index contributed by atoms with van der Waals surface area (Å²) in [6, 6.07) is 13.7. The maximum absolute atomic E-state index is 12.4. The van der Waals surface area contributed by atoms with Crippen molar-refractivity contribution < 1.29 is 14.3 Å². The van der Waals surface area contributed by atoms with Crippen molar-refractivity contribution in [1.82, 2.24) is 10.6 Å². The summed E-state index contributed by atoms with van der Waals surface area (Å²) in [4.78, 5) is 12.4. The lowest BCUT2D eigenvalue weighted by atomic mass is 9.95. The SMILES string of the molecule is COc1ccc(CNC(=O)[C@@H]2Cc3ccccc3CN2)cc1OC. The molecule has 2 N–H and O–H groups in total. The van der Waals surface area contributed by atoms with Crippen LogP contribution in [0.15, 0.2) is 42.5 Å². The molecule has 2 aromatic rings. The molecule has 126 valence electrons. The van der Waals surface area contributed by atoms with Gasteiger partial charge in [0.05, 0.1) is 20.3 Å². The smallest absolute Gasteiger partial charge is 0.237 e. The molecule has 0 fully saturated rings. The average Bonchev–Trinajstić information content (AvgIpc) is 2.65. The maximum atomic E-state index is 12.4. The summed E-state index contributed by atoms with van der Waals surface area (Å²) in [5.74, 6) is 1.35. The van der Waals surface area contributed by atoms with Gasteiger partial charge in [0.25, 0.3) is 0 Å². The topological polar surface area (TPSA) is 59.6 Å². The lowest BCUT2D eigenvalue weighted by Crippen LogP contribution is -2.47. The van der Waals surface area contributed by atoms with E-state index >= 15 is 0 Å². The quantitative estimate of drug-likeness (QED) is 0.883. The van der Waals surface area contributed by atoms with Gasteiger partial charge in [-0.15, -0.1) is 0 Å². The van der Waals surface area contributed by atoms with Crippen molar-refractivity contribution in [3.8, 4) is 11.5 Å². The van der Waals surface area contributed by atoms with E-state index < -0.39 is 0 Å². The molecule has 1 atom stereocenters. The third-order valence-corrected chi connectivity index (χ3v) is 4.31. The summed E-state index contributed by atoms with van der Waals surface area (Å²) >= 11 is 0. The molecule has 1 amide bonds. The number of nitrogens with one attached hydrogen (secondary N) is 2. The first-order chi connectivity index (χ1) is 11.7. The van der Waals surface area contributed by atoms with Gasteiger partial charge >= 0.3 is 0 Å². The van der Waals surface area contributed by atoms with Gasteiger partial charge in [0.15, 0.2) is 11.5 Å². The fraction of sp³-hybridized carbons (Fsp3) is 0.316. The van der Waals surface area contributed by atoms with Gasteiger partial charge in [0.1, 0.15) is 0 Å².